The van der Waals surface area contributed by atoms with Crippen LogP contribution in [0.3, 0.4) is 0 Å². The molecular formula is C36H46N4O3. The zero-order valence-corrected chi connectivity index (χ0v) is 25.9. The lowest BCUT2D eigenvalue weighted by molar-refractivity contribution is -0.142. The van der Waals surface area contributed by atoms with Crippen LogP contribution in [-0.4, -0.2) is 66.4 Å². The van der Waals surface area contributed by atoms with Gasteiger partial charge in [-0.05, 0) is 66.3 Å². The molecule has 5 rings (SSSR count). The summed E-state index contributed by atoms with van der Waals surface area (Å²) in [6, 6.07) is 23.5. The highest BCUT2D eigenvalue weighted by Crippen LogP contribution is 2.35. The molecule has 4 amide bonds. The molecule has 228 valence electrons. The second-order valence-electron chi connectivity index (χ2n) is 12.9. The highest BCUT2D eigenvalue weighted by molar-refractivity contribution is 5.90. The van der Waals surface area contributed by atoms with Gasteiger partial charge in [0.15, 0.2) is 0 Å². The Labute approximate surface area is 256 Å². The molecule has 2 aliphatic heterocycles. The molecule has 3 unspecified atom stereocenters. The summed E-state index contributed by atoms with van der Waals surface area (Å²) in [5.41, 5.74) is 1.35. The van der Waals surface area contributed by atoms with E-state index in [0.29, 0.717) is 63.8 Å². The van der Waals surface area contributed by atoms with Crippen molar-refractivity contribution in [1.29, 1.82) is 0 Å². The molecule has 4 atom stereocenters. The highest BCUT2D eigenvalue weighted by Gasteiger charge is 2.44. The number of hydrogen-bond acceptors (Lipinski definition) is 3. The number of rotatable bonds is 8. The first kappa shape index (κ1) is 30.6. The fourth-order valence-electron chi connectivity index (χ4n) is 7.16. The van der Waals surface area contributed by atoms with Crippen LogP contribution < -0.4 is 10.6 Å². The average Bonchev–Trinajstić information content (AvgIpc) is 3.00. The number of hydrogen-bond donors (Lipinski definition) is 2. The van der Waals surface area contributed by atoms with Crippen molar-refractivity contribution in [3.05, 3.63) is 83.9 Å². The number of likely N-dealkylation sites (tertiary alicyclic amines) is 2. The van der Waals surface area contributed by atoms with Crippen LogP contribution in [0.25, 0.3) is 10.8 Å². The second-order valence-corrected chi connectivity index (χ2v) is 12.9. The minimum absolute atomic E-state index is 0.0113. The predicted octanol–water partition coefficient (Wildman–Crippen LogP) is 5.43. The summed E-state index contributed by atoms with van der Waals surface area (Å²) in [4.78, 5) is 45.3. The van der Waals surface area contributed by atoms with Gasteiger partial charge in [0.25, 0.3) is 0 Å². The summed E-state index contributed by atoms with van der Waals surface area (Å²) in [6.07, 6.45) is 3.49. The summed E-state index contributed by atoms with van der Waals surface area (Å²) in [6.45, 7) is 9.09. The summed E-state index contributed by atoms with van der Waals surface area (Å²) in [5.74, 6) is 0.702. The van der Waals surface area contributed by atoms with E-state index in [4.69, 9.17) is 0 Å². The van der Waals surface area contributed by atoms with Gasteiger partial charge < -0.3 is 20.4 Å². The Balaban J connectivity index is 1.41. The summed E-state index contributed by atoms with van der Waals surface area (Å²) >= 11 is 0. The lowest BCUT2D eigenvalue weighted by Gasteiger charge is -2.43. The Bertz CT molecular complexity index is 1420. The van der Waals surface area contributed by atoms with Crippen LogP contribution in [0.2, 0.25) is 0 Å². The fourth-order valence-corrected chi connectivity index (χ4v) is 7.16. The molecule has 2 heterocycles. The van der Waals surface area contributed by atoms with Crippen LogP contribution in [-0.2, 0) is 22.4 Å². The van der Waals surface area contributed by atoms with Crippen molar-refractivity contribution in [3.63, 3.8) is 0 Å². The van der Waals surface area contributed by atoms with Crippen molar-refractivity contribution in [2.24, 2.45) is 17.3 Å². The molecule has 2 saturated heterocycles. The number of benzene rings is 3. The SMILES string of the molecule is CCNC(=O)[C@]1(Cc2ccccc2)CCCN(C(=O)C(Cc2ccc3ccccc3c2)NC(=O)N2CC(C)CC(C)C2)C1. The maximum atomic E-state index is 14.4. The number of urea groups is 1. The van der Waals surface area contributed by atoms with Gasteiger partial charge >= 0.3 is 6.03 Å². The Morgan fingerprint density at radius 2 is 1.58 bits per heavy atom. The molecule has 7 nitrogen and oxygen atoms in total. The molecule has 3 aromatic carbocycles. The van der Waals surface area contributed by atoms with Gasteiger partial charge in [-0.15, -0.1) is 0 Å². The van der Waals surface area contributed by atoms with Gasteiger partial charge in [0.2, 0.25) is 11.8 Å². The number of carbonyl (C=O) groups is 3. The normalized spacial score (nSPS) is 23.0. The van der Waals surface area contributed by atoms with E-state index in [9.17, 15) is 14.4 Å². The molecule has 0 aliphatic carbocycles. The third kappa shape index (κ3) is 7.38. The smallest absolute Gasteiger partial charge is 0.318 e. The second kappa shape index (κ2) is 13.6. The van der Waals surface area contributed by atoms with Crippen LogP contribution in [0.4, 0.5) is 4.79 Å². The van der Waals surface area contributed by atoms with Crippen LogP contribution in [0, 0.1) is 17.3 Å². The monoisotopic (exact) mass is 582 g/mol. The first-order valence-corrected chi connectivity index (χ1v) is 15.9. The number of piperidine rings is 2. The zero-order valence-electron chi connectivity index (χ0n) is 25.9. The molecule has 7 heteroatoms. The maximum Gasteiger partial charge on any atom is 0.318 e. The Morgan fingerprint density at radius 3 is 2.30 bits per heavy atom. The molecule has 0 bridgehead atoms. The number of fused-ring (bicyclic) bond motifs is 1. The molecule has 0 aromatic heterocycles. The van der Waals surface area contributed by atoms with Gasteiger partial charge in [-0.2, -0.15) is 0 Å². The van der Waals surface area contributed by atoms with Gasteiger partial charge in [0.05, 0.1) is 5.41 Å². The van der Waals surface area contributed by atoms with Crippen molar-refractivity contribution in [1.82, 2.24) is 20.4 Å². The van der Waals surface area contributed by atoms with Crippen molar-refractivity contribution >= 4 is 28.6 Å². The van der Waals surface area contributed by atoms with Gasteiger partial charge in [0, 0.05) is 39.1 Å². The minimum Gasteiger partial charge on any atom is -0.356 e. The Hall–Kier alpha value is -3.87. The summed E-state index contributed by atoms with van der Waals surface area (Å²) in [7, 11) is 0. The van der Waals surface area contributed by atoms with Gasteiger partial charge in [-0.3, -0.25) is 9.59 Å². The van der Waals surface area contributed by atoms with E-state index < -0.39 is 11.5 Å². The lowest BCUT2D eigenvalue weighted by atomic mass is 9.74. The average molecular weight is 583 g/mol. The standard InChI is InChI=1S/C36H46N4O3/c1-4-37-34(42)36(22-28-11-6-5-7-12-28)17-10-18-39(25-36)33(41)32(38-35(43)40-23-26(2)19-27(3)24-40)21-29-15-16-30-13-8-9-14-31(30)20-29/h5-9,11-16,20,26-27,32H,4,10,17-19,21-25H2,1-3H3,(H,37,42)(H,38,43)/t26?,27?,32?,36-/m0/s1. The molecule has 0 radical (unpaired) electrons. The van der Waals surface area contributed by atoms with E-state index in [1.54, 1.807) is 0 Å². The molecule has 0 spiro atoms. The number of nitrogens with one attached hydrogen (secondary N) is 2. The molecule has 2 aliphatic rings. The van der Waals surface area contributed by atoms with E-state index in [1.807, 2.05) is 65.3 Å². The van der Waals surface area contributed by atoms with Crippen molar-refractivity contribution in [2.45, 2.75) is 58.9 Å². The quantitative estimate of drug-likeness (QED) is 0.372. The topological polar surface area (TPSA) is 81.8 Å². The maximum absolute atomic E-state index is 14.4. The molecular weight excluding hydrogens is 536 g/mol. The minimum atomic E-state index is -0.733. The van der Waals surface area contributed by atoms with Crippen LogP contribution >= 0.6 is 0 Å². The van der Waals surface area contributed by atoms with E-state index in [1.165, 1.54) is 0 Å². The first-order chi connectivity index (χ1) is 20.8. The third-order valence-corrected chi connectivity index (χ3v) is 9.10. The van der Waals surface area contributed by atoms with E-state index >= 15 is 0 Å². The van der Waals surface area contributed by atoms with E-state index in [2.05, 4.69) is 48.7 Å². The van der Waals surface area contributed by atoms with Crippen LogP contribution in [0.1, 0.15) is 51.2 Å². The Kier molecular flexibility index (Phi) is 9.69. The summed E-state index contributed by atoms with van der Waals surface area (Å²) < 4.78 is 0. The van der Waals surface area contributed by atoms with Crippen molar-refractivity contribution in [2.75, 3.05) is 32.7 Å². The van der Waals surface area contributed by atoms with Gasteiger partial charge in [-0.25, -0.2) is 4.79 Å². The highest BCUT2D eigenvalue weighted by atomic mass is 16.2. The van der Waals surface area contributed by atoms with E-state index in [0.717, 1.165) is 34.7 Å². The number of carbonyl (C=O) groups excluding carboxylic acids is 3. The third-order valence-electron chi connectivity index (χ3n) is 9.10. The molecule has 43 heavy (non-hydrogen) atoms. The van der Waals surface area contributed by atoms with Gasteiger partial charge in [-0.1, -0.05) is 86.6 Å². The van der Waals surface area contributed by atoms with Crippen LogP contribution in [0.15, 0.2) is 72.8 Å². The van der Waals surface area contributed by atoms with Crippen molar-refractivity contribution in [3.8, 4) is 0 Å². The molecule has 3 aromatic rings. The Morgan fingerprint density at radius 1 is 0.884 bits per heavy atom. The zero-order chi connectivity index (χ0) is 30.4. The van der Waals surface area contributed by atoms with Crippen LogP contribution in [0.5, 0.6) is 0 Å². The predicted molar refractivity (Wildman–Crippen MR) is 172 cm³/mol. The number of amides is 4. The first-order valence-electron chi connectivity index (χ1n) is 15.9. The number of nitrogens with zero attached hydrogens (tertiary/aromatic N) is 2. The van der Waals surface area contributed by atoms with Gasteiger partial charge in [0.1, 0.15) is 6.04 Å². The molecule has 0 saturated carbocycles. The summed E-state index contributed by atoms with van der Waals surface area (Å²) in [5, 5.41) is 8.44. The van der Waals surface area contributed by atoms with Crippen molar-refractivity contribution < 1.29 is 14.4 Å². The largest absolute Gasteiger partial charge is 0.356 e. The lowest BCUT2D eigenvalue weighted by Crippen LogP contribution is -2.59. The van der Waals surface area contributed by atoms with E-state index in [-0.39, 0.29) is 17.8 Å². The molecule has 2 fully saturated rings. The fraction of sp³-hybridized carbons (Fsp3) is 0.472. The molecule has 2 N–H and O–H groups in total.